The standard InChI is InChI=1S/C15H22O2/c1-4-12(5-2)13-8-9-15(17-3)14(11-13)7-6-10-16/h8-12H,4-7H2,1-3H3. The second-order valence-corrected chi connectivity index (χ2v) is 4.29. The van der Waals surface area contributed by atoms with Crippen LogP contribution in [0.1, 0.15) is 50.2 Å². The van der Waals surface area contributed by atoms with Crippen LogP contribution in [-0.2, 0) is 11.2 Å². The third-order valence-electron chi connectivity index (χ3n) is 3.29. The number of rotatable bonds is 7. The van der Waals surface area contributed by atoms with Crippen molar-refractivity contribution in [3.05, 3.63) is 29.3 Å². The Hall–Kier alpha value is -1.31. The van der Waals surface area contributed by atoms with Gasteiger partial charge in [0.25, 0.3) is 0 Å². The Balaban J connectivity index is 2.98. The van der Waals surface area contributed by atoms with E-state index in [1.807, 2.05) is 6.07 Å². The topological polar surface area (TPSA) is 26.3 Å². The maximum atomic E-state index is 10.5. The van der Waals surface area contributed by atoms with E-state index in [0.717, 1.165) is 36.9 Å². The number of hydrogen-bond acceptors (Lipinski definition) is 2. The summed E-state index contributed by atoms with van der Waals surface area (Å²) in [6, 6.07) is 6.36. The fourth-order valence-corrected chi connectivity index (χ4v) is 2.22. The van der Waals surface area contributed by atoms with Crippen molar-refractivity contribution in [1.29, 1.82) is 0 Å². The van der Waals surface area contributed by atoms with Gasteiger partial charge in [-0.15, -0.1) is 0 Å². The zero-order valence-electron chi connectivity index (χ0n) is 11.0. The minimum absolute atomic E-state index is 0.558. The lowest BCUT2D eigenvalue weighted by Crippen LogP contribution is -1.99. The molecule has 0 aromatic heterocycles. The molecule has 1 rings (SSSR count). The smallest absolute Gasteiger partial charge is 0.122 e. The molecule has 2 nitrogen and oxygen atoms in total. The van der Waals surface area contributed by atoms with E-state index in [9.17, 15) is 4.79 Å². The largest absolute Gasteiger partial charge is 0.496 e. The Morgan fingerprint density at radius 2 is 2.00 bits per heavy atom. The molecule has 0 bridgehead atoms. The maximum Gasteiger partial charge on any atom is 0.122 e. The summed E-state index contributed by atoms with van der Waals surface area (Å²) in [7, 11) is 1.68. The van der Waals surface area contributed by atoms with Crippen molar-refractivity contribution in [3.8, 4) is 5.75 Å². The van der Waals surface area contributed by atoms with Crippen LogP contribution in [0.5, 0.6) is 5.75 Å². The predicted molar refractivity (Wildman–Crippen MR) is 70.7 cm³/mol. The van der Waals surface area contributed by atoms with Gasteiger partial charge in [0.2, 0.25) is 0 Å². The van der Waals surface area contributed by atoms with Gasteiger partial charge in [-0.25, -0.2) is 0 Å². The number of hydrogen-bond donors (Lipinski definition) is 0. The summed E-state index contributed by atoms with van der Waals surface area (Å²) >= 11 is 0. The molecule has 1 aromatic carbocycles. The van der Waals surface area contributed by atoms with Crippen LogP contribution in [-0.4, -0.2) is 13.4 Å². The third kappa shape index (κ3) is 3.58. The van der Waals surface area contributed by atoms with Crippen molar-refractivity contribution in [1.82, 2.24) is 0 Å². The molecule has 0 atom stereocenters. The predicted octanol–water partition coefficient (Wildman–Crippen LogP) is 3.73. The Morgan fingerprint density at radius 3 is 2.53 bits per heavy atom. The number of aldehydes is 1. The second-order valence-electron chi connectivity index (χ2n) is 4.29. The molecule has 1 aromatic rings. The van der Waals surface area contributed by atoms with Crippen LogP contribution >= 0.6 is 0 Å². The van der Waals surface area contributed by atoms with Crippen LogP contribution in [0.25, 0.3) is 0 Å². The lowest BCUT2D eigenvalue weighted by atomic mass is 9.91. The quantitative estimate of drug-likeness (QED) is 0.672. The van der Waals surface area contributed by atoms with E-state index < -0.39 is 0 Å². The second kappa shape index (κ2) is 7.10. The molecule has 0 aliphatic rings. The average Bonchev–Trinajstić information content (AvgIpc) is 2.38. The Morgan fingerprint density at radius 1 is 1.29 bits per heavy atom. The van der Waals surface area contributed by atoms with E-state index in [0.29, 0.717) is 12.3 Å². The molecule has 0 fully saturated rings. The van der Waals surface area contributed by atoms with Crippen LogP contribution in [0.2, 0.25) is 0 Å². The van der Waals surface area contributed by atoms with Gasteiger partial charge in [-0.1, -0.05) is 26.0 Å². The fraction of sp³-hybridized carbons (Fsp3) is 0.533. The first kappa shape index (κ1) is 13.8. The zero-order valence-corrected chi connectivity index (χ0v) is 11.0. The molecule has 0 unspecified atom stereocenters. The molecule has 0 heterocycles. The van der Waals surface area contributed by atoms with Gasteiger partial charge in [0, 0.05) is 6.42 Å². The molecule has 0 aliphatic carbocycles. The zero-order chi connectivity index (χ0) is 12.7. The Bertz CT molecular complexity index is 354. The molecule has 0 saturated heterocycles. The van der Waals surface area contributed by atoms with Crippen LogP contribution in [0.4, 0.5) is 0 Å². The highest BCUT2D eigenvalue weighted by Gasteiger charge is 2.10. The van der Waals surface area contributed by atoms with Crippen molar-refractivity contribution in [2.45, 2.75) is 45.4 Å². The number of methoxy groups -OCH3 is 1. The molecule has 0 radical (unpaired) electrons. The summed E-state index contributed by atoms with van der Waals surface area (Å²) in [5, 5.41) is 0. The maximum absolute atomic E-state index is 10.5. The van der Waals surface area contributed by atoms with Crippen LogP contribution < -0.4 is 4.74 Å². The lowest BCUT2D eigenvalue weighted by Gasteiger charge is -2.16. The molecule has 2 heteroatoms. The molecule has 0 spiro atoms. The van der Waals surface area contributed by atoms with Crippen LogP contribution in [0.15, 0.2) is 18.2 Å². The number of ether oxygens (including phenoxy) is 1. The number of benzene rings is 1. The van der Waals surface area contributed by atoms with Gasteiger partial charge in [0.1, 0.15) is 12.0 Å². The van der Waals surface area contributed by atoms with E-state index in [2.05, 4.69) is 26.0 Å². The normalized spacial score (nSPS) is 10.6. The van der Waals surface area contributed by atoms with Crippen molar-refractivity contribution >= 4 is 6.29 Å². The minimum Gasteiger partial charge on any atom is -0.496 e. The van der Waals surface area contributed by atoms with Gasteiger partial charge < -0.3 is 9.53 Å². The number of aryl methyl sites for hydroxylation is 1. The van der Waals surface area contributed by atoms with E-state index in [4.69, 9.17) is 4.74 Å². The minimum atomic E-state index is 0.558. The van der Waals surface area contributed by atoms with Crippen molar-refractivity contribution in [2.24, 2.45) is 0 Å². The summed E-state index contributed by atoms with van der Waals surface area (Å²) in [4.78, 5) is 10.5. The molecular weight excluding hydrogens is 212 g/mol. The first-order valence-corrected chi connectivity index (χ1v) is 6.37. The summed E-state index contributed by atoms with van der Waals surface area (Å²) in [5.41, 5.74) is 2.50. The van der Waals surface area contributed by atoms with Gasteiger partial charge in [0.15, 0.2) is 0 Å². The molecule has 17 heavy (non-hydrogen) atoms. The Kier molecular flexibility index (Phi) is 5.75. The van der Waals surface area contributed by atoms with E-state index in [-0.39, 0.29) is 0 Å². The third-order valence-corrected chi connectivity index (χ3v) is 3.29. The summed E-state index contributed by atoms with van der Waals surface area (Å²) < 4.78 is 5.33. The van der Waals surface area contributed by atoms with Gasteiger partial charge >= 0.3 is 0 Å². The highest BCUT2D eigenvalue weighted by Crippen LogP contribution is 2.28. The molecule has 0 amide bonds. The molecule has 0 saturated carbocycles. The molecule has 0 N–H and O–H groups in total. The molecule has 0 aliphatic heterocycles. The average molecular weight is 234 g/mol. The number of carbonyl (C=O) groups excluding carboxylic acids is 1. The first-order valence-electron chi connectivity index (χ1n) is 6.37. The number of carbonyl (C=O) groups is 1. The Labute approximate surface area is 104 Å². The van der Waals surface area contributed by atoms with Gasteiger partial charge in [0.05, 0.1) is 7.11 Å². The van der Waals surface area contributed by atoms with Gasteiger partial charge in [-0.3, -0.25) is 0 Å². The monoisotopic (exact) mass is 234 g/mol. The fourth-order valence-electron chi connectivity index (χ4n) is 2.22. The SMILES string of the molecule is CCC(CC)c1ccc(OC)c(CCC=O)c1. The van der Waals surface area contributed by atoms with Crippen molar-refractivity contribution < 1.29 is 9.53 Å². The highest BCUT2D eigenvalue weighted by molar-refractivity contribution is 5.51. The van der Waals surface area contributed by atoms with Crippen LogP contribution in [0.3, 0.4) is 0 Å². The van der Waals surface area contributed by atoms with E-state index in [1.54, 1.807) is 7.11 Å². The van der Waals surface area contributed by atoms with Gasteiger partial charge in [-0.05, 0) is 42.4 Å². The van der Waals surface area contributed by atoms with Crippen molar-refractivity contribution in [3.63, 3.8) is 0 Å². The van der Waals surface area contributed by atoms with E-state index in [1.165, 1.54) is 5.56 Å². The first-order chi connectivity index (χ1) is 8.26. The molecular formula is C15H22O2. The lowest BCUT2D eigenvalue weighted by molar-refractivity contribution is -0.107. The highest BCUT2D eigenvalue weighted by atomic mass is 16.5. The molecule has 94 valence electrons. The summed E-state index contributed by atoms with van der Waals surface area (Å²) in [5.74, 6) is 1.50. The summed E-state index contributed by atoms with van der Waals surface area (Å²) in [6.07, 6.45) is 4.58. The van der Waals surface area contributed by atoms with Crippen molar-refractivity contribution in [2.75, 3.05) is 7.11 Å². The van der Waals surface area contributed by atoms with Crippen LogP contribution in [0, 0.1) is 0 Å². The van der Waals surface area contributed by atoms with E-state index >= 15 is 0 Å². The van der Waals surface area contributed by atoms with Gasteiger partial charge in [-0.2, -0.15) is 0 Å². The summed E-state index contributed by atoms with van der Waals surface area (Å²) in [6.45, 7) is 4.42.